The van der Waals surface area contributed by atoms with E-state index < -0.39 is 0 Å². The van der Waals surface area contributed by atoms with E-state index in [2.05, 4.69) is 35.9 Å². The molecule has 3 heterocycles. The second-order valence-electron chi connectivity index (χ2n) is 5.63. The Morgan fingerprint density at radius 3 is 2.31 bits per heavy atom. The summed E-state index contributed by atoms with van der Waals surface area (Å²) in [4.78, 5) is 5.33. The SMILES string of the molecule is CCCNC(C(C)C)C1CN2CCN1CC2. The standard InChI is InChI=1S/C13H27N3/c1-4-5-14-13(11(2)3)12-10-15-6-8-16(12)9-7-15/h11-14H,4-10H2,1-3H3. The molecule has 3 heteroatoms. The molecule has 0 aromatic carbocycles. The summed E-state index contributed by atoms with van der Waals surface area (Å²) in [5.41, 5.74) is 0. The van der Waals surface area contributed by atoms with Gasteiger partial charge in [0.15, 0.2) is 0 Å². The van der Waals surface area contributed by atoms with Crippen LogP contribution in [-0.2, 0) is 0 Å². The van der Waals surface area contributed by atoms with Crippen LogP contribution >= 0.6 is 0 Å². The normalized spacial score (nSPS) is 35.6. The van der Waals surface area contributed by atoms with Crippen molar-refractivity contribution in [1.82, 2.24) is 15.1 Å². The van der Waals surface area contributed by atoms with Gasteiger partial charge < -0.3 is 5.32 Å². The highest BCUT2D eigenvalue weighted by atomic mass is 15.4. The molecule has 0 amide bonds. The number of nitrogens with zero attached hydrogens (tertiary/aromatic N) is 2. The summed E-state index contributed by atoms with van der Waals surface area (Å²) < 4.78 is 0. The molecule has 2 atom stereocenters. The third kappa shape index (κ3) is 2.58. The van der Waals surface area contributed by atoms with Gasteiger partial charge >= 0.3 is 0 Å². The zero-order chi connectivity index (χ0) is 11.5. The molecule has 0 aliphatic carbocycles. The molecule has 94 valence electrons. The van der Waals surface area contributed by atoms with Crippen molar-refractivity contribution in [2.75, 3.05) is 39.3 Å². The third-order valence-corrected chi connectivity index (χ3v) is 4.08. The molecule has 3 saturated heterocycles. The fraction of sp³-hybridized carbons (Fsp3) is 1.00. The van der Waals surface area contributed by atoms with Crippen LogP contribution in [0.1, 0.15) is 27.2 Å². The molecule has 3 nitrogen and oxygen atoms in total. The summed E-state index contributed by atoms with van der Waals surface area (Å²) in [5, 5.41) is 3.76. The lowest BCUT2D eigenvalue weighted by Gasteiger charge is -2.51. The zero-order valence-corrected chi connectivity index (χ0v) is 11.1. The van der Waals surface area contributed by atoms with E-state index in [1.54, 1.807) is 0 Å². The predicted octanol–water partition coefficient (Wildman–Crippen LogP) is 1.01. The molecule has 0 aromatic rings. The van der Waals surface area contributed by atoms with Crippen molar-refractivity contribution in [2.45, 2.75) is 39.3 Å². The maximum atomic E-state index is 3.76. The Morgan fingerprint density at radius 1 is 1.19 bits per heavy atom. The molecule has 0 saturated carbocycles. The molecule has 3 aliphatic heterocycles. The summed E-state index contributed by atoms with van der Waals surface area (Å²) in [6.07, 6.45) is 1.24. The molecule has 0 aromatic heterocycles. The van der Waals surface area contributed by atoms with Gasteiger partial charge in [-0.1, -0.05) is 20.8 Å². The molecule has 2 bridgehead atoms. The first-order chi connectivity index (χ1) is 7.72. The maximum absolute atomic E-state index is 3.76. The molecule has 3 rings (SSSR count). The van der Waals surface area contributed by atoms with Crippen LogP contribution in [0.25, 0.3) is 0 Å². The quantitative estimate of drug-likeness (QED) is 0.753. The van der Waals surface area contributed by atoms with Crippen LogP contribution in [0.15, 0.2) is 0 Å². The molecule has 3 fully saturated rings. The Balaban J connectivity index is 1.96. The minimum atomic E-state index is 0.669. The second-order valence-corrected chi connectivity index (χ2v) is 5.63. The van der Waals surface area contributed by atoms with Crippen LogP contribution < -0.4 is 5.32 Å². The molecule has 2 unspecified atom stereocenters. The Labute approximate surface area is 100 Å². The average Bonchev–Trinajstić information content (AvgIpc) is 2.31. The summed E-state index contributed by atoms with van der Waals surface area (Å²) in [6.45, 7) is 14.5. The number of fused-ring (bicyclic) bond motifs is 3. The highest BCUT2D eigenvalue weighted by Gasteiger charge is 2.37. The predicted molar refractivity (Wildman–Crippen MR) is 68.7 cm³/mol. The van der Waals surface area contributed by atoms with Gasteiger partial charge in [0.1, 0.15) is 0 Å². The first kappa shape index (κ1) is 12.3. The fourth-order valence-corrected chi connectivity index (χ4v) is 3.13. The van der Waals surface area contributed by atoms with E-state index in [-0.39, 0.29) is 0 Å². The van der Waals surface area contributed by atoms with Crippen molar-refractivity contribution >= 4 is 0 Å². The van der Waals surface area contributed by atoms with Crippen molar-refractivity contribution in [3.63, 3.8) is 0 Å². The number of hydrogen-bond acceptors (Lipinski definition) is 3. The average molecular weight is 225 g/mol. The summed E-state index contributed by atoms with van der Waals surface area (Å²) in [5.74, 6) is 0.733. The van der Waals surface area contributed by atoms with Crippen LogP contribution in [0.5, 0.6) is 0 Å². The van der Waals surface area contributed by atoms with Gasteiger partial charge in [-0.05, 0) is 18.9 Å². The van der Waals surface area contributed by atoms with E-state index in [4.69, 9.17) is 0 Å². The Morgan fingerprint density at radius 2 is 1.88 bits per heavy atom. The lowest BCUT2D eigenvalue weighted by molar-refractivity contribution is -0.0105. The molecule has 16 heavy (non-hydrogen) atoms. The third-order valence-electron chi connectivity index (χ3n) is 4.08. The minimum Gasteiger partial charge on any atom is -0.312 e. The first-order valence-electron chi connectivity index (χ1n) is 6.92. The van der Waals surface area contributed by atoms with Gasteiger partial charge in [-0.3, -0.25) is 9.80 Å². The monoisotopic (exact) mass is 225 g/mol. The van der Waals surface area contributed by atoms with Gasteiger partial charge in [0.25, 0.3) is 0 Å². The van der Waals surface area contributed by atoms with E-state index >= 15 is 0 Å². The highest BCUT2D eigenvalue weighted by molar-refractivity contribution is 4.95. The van der Waals surface area contributed by atoms with Gasteiger partial charge in [-0.15, -0.1) is 0 Å². The van der Waals surface area contributed by atoms with E-state index in [0.717, 1.165) is 18.5 Å². The smallest absolute Gasteiger partial charge is 0.0380 e. The van der Waals surface area contributed by atoms with Crippen molar-refractivity contribution in [1.29, 1.82) is 0 Å². The lowest BCUT2D eigenvalue weighted by Crippen LogP contribution is -2.67. The molecule has 0 radical (unpaired) electrons. The van der Waals surface area contributed by atoms with Crippen LogP contribution in [0, 0.1) is 5.92 Å². The van der Waals surface area contributed by atoms with E-state index in [1.165, 1.54) is 39.1 Å². The van der Waals surface area contributed by atoms with E-state index in [1.807, 2.05) is 0 Å². The first-order valence-corrected chi connectivity index (χ1v) is 6.92. The van der Waals surface area contributed by atoms with Gasteiger partial charge in [-0.25, -0.2) is 0 Å². The molecular formula is C13H27N3. The van der Waals surface area contributed by atoms with Crippen LogP contribution in [0.2, 0.25) is 0 Å². The van der Waals surface area contributed by atoms with Crippen LogP contribution in [0.3, 0.4) is 0 Å². The largest absolute Gasteiger partial charge is 0.312 e. The molecule has 1 N–H and O–H groups in total. The Hall–Kier alpha value is -0.120. The van der Waals surface area contributed by atoms with E-state index in [0.29, 0.717) is 6.04 Å². The summed E-state index contributed by atoms with van der Waals surface area (Å²) in [7, 11) is 0. The van der Waals surface area contributed by atoms with Crippen LogP contribution in [-0.4, -0.2) is 61.2 Å². The van der Waals surface area contributed by atoms with Crippen molar-refractivity contribution < 1.29 is 0 Å². The fourth-order valence-electron chi connectivity index (χ4n) is 3.13. The Bertz CT molecular complexity index is 209. The zero-order valence-electron chi connectivity index (χ0n) is 11.1. The van der Waals surface area contributed by atoms with Gasteiger partial charge in [0, 0.05) is 44.8 Å². The van der Waals surface area contributed by atoms with Gasteiger partial charge in [0.2, 0.25) is 0 Å². The lowest BCUT2D eigenvalue weighted by atomic mass is 9.91. The minimum absolute atomic E-state index is 0.669. The van der Waals surface area contributed by atoms with Crippen molar-refractivity contribution in [3.05, 3.63) is 0 Å². The maximum Gasteiger partial charge on any atom is 0.0380 e. The summed E-state index contributed by atoms with van der Waals surface area (Å²) in [6, 6.07) is 1.41. The molecule has 3 aliphatic rings. The van der Waals surface area contributed by atoms with Crippen molar-refractivity contribution in [3.8, 4) is 0 Å². The second kappa shape index (κ2) is 5.48. The van der Waals surface area contributed by atoms with Crippen molar-refractivity contribution in [2.24, 2.45) is 5.92 Å². The Kier molecular flexibility index (Phi) is 4.22. The molecule has 0 spiro atoms. The van der Waals surface area contributed by atoms with Gasteiger partial charge in [-0.2, -0.15) is 0 Å². The number of piperazine rings is 3. The van der Waals surface area contributed by atoms with E-state index in [9.17, 15) is 0 Å². The topological polar surface area (TPSA) is 18.5 Å². The number of nitrogens with one attached hydrogen (secondary N) is 1. The molecular weight excluding hydrogens is 198 g/mol. The summed E-state index contributed by atoms with van der Waals surface area (Å²) >= 11 is 0. The highest BCUT2D eigenvalue weighted by Crippen LogP contribution is 2.21. The number of hydrogen-bond donors (Lipinski definition) is 1. The number of rotatable bonds is 5. The van der Waals surface area contributed by atoms with Crippen LogP contribution in [0.4, 0.5) is 0 Å². The van der Waals surface area contributed by atoms with Gasteiger partial charge in [0.05, 0.1) is 0 Å².